The summed E-state index contributed by atoms with van der Waals surface area (Å²) in [6.07, 6.45) is 0. The van der Waals surface area contributed by atoms with Gasteiger partial charge < -0.3 is 19.4 Å². The first-order valence-electron chi connectivity index (χ1n) is 10.0. The summed E-state index contributed by atoms with van der Waals surface area (Å²) in [6, 6.07) is 3.75. The summed E-state index contributed by atoms with van der Waals surface area (Å²) in [5.41, 5.74) is 2.40. The molecule has 1 amide bonds. The van der Waals surface area contributed by atoms with Crippen LogP contribution in [0.4, 0.5) is 5.13 Å². The van der Waals surface area contributed by atoms with Crippen molar-refractivity contribution >= 4 is 51.7 Å². The molecule has 0 saturated heterocycles. The maximum atomic E-state index is 12.3. The molecular weight excluding hydrogens is 486 g/mol. The maximum Gasteiger partial charge on any atom is 0.350 e. The number of aryl methyl sites for hydroxylation is 3. The van der Waals surface area contributed by atoms with E-state index in [4.69, 9.17) is 21.1 Å². The second-order valence-corrected chi connectivity index (χ2v) is 9.43. The normalized spacial score (nSPS) is 10.8. The van der Waals surface area contributed by atoms with Crippen LogP contribution in [0.2, 0.25) is 5.02 Å². The van der Waals surface area contributed by atoms with Crippen LogP contribution in [-0.4, -0.2) is 44.0 Å². The molecule has 0 spiro atoms. The lowest BCUT2D eigenvalue weighted by Crippen LogP contribution is -2.14. The van der Waals surface area contributed by atoms with Gasteiger partial charge in [0, 0.05) is 12.1 Å². The van der Waals surface area contributed by atoms with Crippen molar-refractivity contribution in [2.45, 2.75) is 39.5 Å². The second-order valence-electron chi connectivity index (χ2n) is 7.11. The Morgan fingerprint density at radius 2 is 1.91 bits per heavy atom. The molecule has 0 unspecified atom stereocenters. The third-order valence-corrected chi connectivity index (χ3v) is 7.21. The Labute approximate surface area is 204 Å². The monoisotopic (exact) mass is 509 g/mol. The molecule has 3 aromatic rings. The molecule has 2 aromatic heterocycles. The van der Waals surface area contributed by atoms with Crippen LogP contribution in [0.3, 0.4) is 0 Å². The highest BCUT2D eigenvalue weighted by Crippen LogP contribution is 2.27. The van der Waals surface area contributed by atoms with Gasteiger partial charge in [-0.1, -0.05) is 34.7 Å². The number of carbonyl (C=O) groups excluding carboxylic acids is 2. The van der Waals surface area contributed by atoms with Crippen molar-refractivity contribution in [2.24, 2.45) is 7.05 Å². The maximum absolute atomic E-state index is 12.3. The van der Waals surface area contributed by atoms with Crippen molar-refractivity contribution in [3.8, 4) is 5.75 Å². The standard InChI is InChI=1S/C21H24ClN5O4S2/c1-6-30-19(29)18-13(4)23-20(33-18)24-16(28)10-32-21-26-25-15(27(21)5)9-31-14-7-11(2)17(22)12(3)8-14/h7-8H,6,9-10H2,1-5H3,(H,23,24,28). The summed E-state index contributed by atoms with van der Waals surface area (Å²) in [7, 11) is 1.81. The van der Waals surface area contributed by atoms with Gasteiger partial charge in [0.25, 0.3) is 0 Å². The molecule has 0 aliphatic heterocycles. The summed E-state index contributed by atoms with van der Waals surface area (Å²) in [5, 5.41) is 12.7. The number of anilines is 1. The van der Waals surface area contributed by atoms with Gasteiger partial charge in [-0.05, 0) is 51.0 Å². The molecule has 9 nitrogen and oxygen atoms in total. The molecule has 0 radical (unpaired) electrons. The number of nitrogens with zero attached hydrogens (tertiary/aromatic N) is 4. The number of hydrogen-bond acceptors (Lipinski definition) is 9. The second kappa shape index (κ2) is 11.0. The van der Waals surface area contributed by atoms with E-state index in [0.29, 0.717) is 32.4 Å². The Morgan fingerprint density at radius 3 is 2.58 bits per heavy atom. The van der Waals surface area contributed by atoms with Crippen LogP contribution < -0.4 is 10.1 Å². The smallest absolute Gasteiger partial charge is 0.350 e. The summed E-state index contributed by atoms with van der Waals surface area (Å²) >= 11 is 8.53. The molecule has 0 fully saturated rings. The summed E-state index contributed by atoms with van der Waals surface area (Å²) in [4.78, 5) is 28.9. The lowest BCUT2D eigenvalue weighted by atomic mass is 10.1. The predicted octanol–water partition coefficient (Wildman–Crippen LogP) is 4.34. The molecule has 3 rings (SSSR count). The average Bonchev–Trinajstić information content (AvgIpc) is 3.30. The van der Waals surface area contributed by atoms with Crippen LogP contribution in [0.15, 0.2) is 17.3 Å². The quantitative estimate of drug-likeness (QED) is 0.335. The Kier molecular flexibility index (Phi) is 8.33. The molecule has 0 atom stereocenters. The minimum atomic E-state index is -0.444. The average molecular weight is 510 g/mol. The topological polar surface area (TPSA) is 108 Å². The van der Waals surface area contributed by atoms with Crippen LogP contribution in [-0.2, 0) is 23.2 Å². The largest absolute Gasteiger partial charge is 0.486 e. The Hall–Kier alpha value is -2.63. The zero-order valence-electron chi connectivity index (χ0n) is 18.9. The molecule has 0 saturated carbocycles. The van der Waals surface area contributed by atoms with Gasteiger partial charge in [-0.25, -0.2) is 9.78 Å². The molecule has 0 aliphatic rings. The number of halogens is 1. The third kappa shape index (κ3) is 6.24. The minimum Gasteiger partial charge on any atom is -0.486 e. The lowest BCUT2D eigenvalue weighted by Gasteiger charge is -2.10. The van der Waals surface area contributed by atoms with Gasteiger partial charge in [0.15, 0.2) is 16.1 Å². The van der Waals surface area contributed by atoms with E-state index >= 15 is 0 Å². The van der Waals surface area contributed by atoms with Crippen molar-refractivity contribution in [2.75, 3.05) is 17.7 Å². The number of ether oxygens (including phenoxy) is 2. The van der Waals surface area contributed by atoms with Crippen LogP contribution in [0.25, 0.3) is 0 Å². The van der Waals surface area contributed by atoms with Crippen molar-refractivity contribution in [3.63, 3.8) is 0 Å². The Balaban J connectivity index is 1.55. The fourth-order valence-electron chi connectivity index (χ4n) is 2.86. The number of amides is 1. The highest BCUT2D eigenvalue weighted by molar-refractivity contribution is 7.99. The number of benzene rings is 1. The van der Waals surface area contributed by atoms with Gasteiger partial charge in [-0.3, -0.25) is 4.79 Å². The molecule has 1 aromatic carbocycles. The number of thiazole rings is 1. The van der Waals surface area contributed by atoms with Crippen LogP contribution in [0.1, 0.15) is 39.2 Å². The molecule has 0 bridgehead atoms. The Bertz CT molecular complexity index is 1150. The zero-order chi connectivity index (χ0) is 24.1. The number of thioether (sulfide) groups is 1. The van der Waals surface area contributed by atoms with Crippen LogP contribution in [0.5, 0.6) is 5.75 Å². The molecule has 2 heterocycles. The Morgan fingerprint density at radius 1 is 1.21 bits per heavy atom. The van der Waals surface area contributed by atoms with Crippen LogP contribution in [0, 0.1) is 20.8 Å². The van der Waals surface area contributed by atoms with Crippen molar-refractivity contribution < 1.29 is 19.1 Å². The van der Waals surface area contributed by atoms with Gasteiger partial charge in [-0.2, -0.15) is 0 Å². The summed E-state index contributed by atoms with van der Waals surface area (Å²) in [5.74, 6) is 0.720. The molecule has 33 heavy (non-hydrogen) atoms. The van der Waals surface area contributed by atoms with E-state index in [0.717, 1.165) is 27.5 Å². The van der Waals surface area contributed by atoms with E-state index in [9.17, 15) is 9.59 Å². The van der Waals surface area contributed by atoms with E-state index < -0.39 is 5.97 Å². The first-order chi connectivity index (χ1) is 15.7. The summed E-state index contributed by atoms with van der Waals surface area (Å²) < 4.78 is 12.6. The van der Waals surface area contributed by atoms with E-state index in [1.165, 1.54) is 11.8 Å². The molecule has 1 N–H and O–H groups in total. The fraction of sp³-hybridized carbons (Fsp3) is 0.381. The molecule has 12 heteroatoms. The fourth-order valence-corrected chi connectivity index (χ4v) is 4.57. The van der Waals surface area contributed by atoms with Gasteiger partial charge in [0.05, 0.1) is 18.1 Å². The number of hydrogen-bond donors (Lipinski definition) is 1. The highest BCUT2D eigenvalue weighted by Gasteiger charge is 2.18. The van der Waals surface area contributed by atoms with Crippen molar-refractivity contribution in [3.05, 3.63) is 44.7 Å². The SMILES string of the molecule is CCOC(=O)c1sc(NC(=O)CSc2nnc(COc3cc(C)c(Cl)c(C)c3)n2C)nc1C. The third-order valence-electron chi connectivity index (χ3n) is 4.54. The number of nitrogens with one attached hydrogen (secondary N) is 1. The van der Waals surface area contributed by atoms with E-state index in [1.807, 2.05) is 33.0 Å². The number of rotatable bonds is 9. The van der Waals surface area contributed by atoms with Gasteiger partial charge >= 0.3 is 5.97 Å². The number of carbonyl (C=O) groups is 2. The molecule has 0 aliphatic carbocycles. The number of esters is 1. The van der Waals surface area contributed by atoms with Gasteiger partial charge in [0.1, 0.15) is 17.2 Å². The van der Waals surface area contributed by atoms with Crippen molar-refractivity contribution in [1.29, 1.82) is 0 Å². The van der Waals surface area contributed by atoms with E-state index in [-0.39, 0.29) is 24.9 Å². The predicted molar refractivity (Wildman–Crippen MR) is 128 cm³/mol. The van der Waals surface area contributed by atoms with Crippen molar-refractivity contribution in [1.82, 2.24) is 19.7 Å². The summed E-state index contributed by atoms with van der Waals surface area (Å²) in [6.45, 7) is 7.79. The van der Waals surface area contributed by atoms with E-state index in [2.05, 4.69) is 20.5 Å². The number of aromatic nitrogens is 4. The minimum absolute atomic E-state index is 0.107. The van der Waals surface area contributed by atoms with Gasteiger partial charge in [0.2, 0.25) is 5.91 Å². The first-order valence-corrected chi connectivity index (χ1v) is 12.2. The van der Waals surface area contributed by atoms with Gasteiger partial charge in [-0.15, -0.1) is 10.2 Å². The molecule has 176 valence electrons. The zero-order valence-corrected chi connectivity index (χ0v) is 21.3. The van der Waals surface area contributed by atoms with Crippen LogP contribution >= 0.6 is 34.7 Å². The molecular formula is C21H24ClN5O4S2. The lowest BCUT2D eigenvalue weighted by molar-refractivity contribution is -0.113. The van der Waals surface area contributed by atoms with E-state index in [1.54, 1.807) is 18.4 Å². The highest BCUT2D eigenvalue weighted by atomic mass is 35.5. The first kappa shape index (κ1) is 25.0.